The molecule has 2 aliphatic rings. The van der Waals surface area contributed by atoms with Gasteiger partial charge < -0.3 is 14.2 Å². The standard InChI is InChI=1S/C26H37N3O2/c1-3-27-15-17-28(18-16-27)26(30)25-14-13-24(31-25)20-29(23-11-5-4-6-12-23)19-22-10-8-7-9-21(22)2/h7-10,13-14,23H,3-6,11-12,15-20H2,1-2H3. The SMILES string of the molecule is CCN1CCN(C(=O)c2ccc(CN(Cc3ccccc3C)C3CCCCC3)o2)CC1. The van der Waals surface area contributed by atoms with Gasteiger partial charge in [-0.1, -0.05) is 50.5 Å². The van der Waals surface area contributed by atoms with Crippen LogP contribution in [0.5, 0.6) is 0 Å². The number of hydrogen-bond donors (Lipinski definition) is 0. The van der Waals surface area contributed by atoms with E-state index in [2.05, 4.69) is 47.9 Å². The number of carbonyl (C=O) groups is 1. The Kier molecular flexibility index (Phi) is 7.46. The molecule has 1 aliphatic heterocycles. The van der Waals surface area contributed by atoms with Gasteiger partial charge in [0.2, 0.25) is 0 Å². The number of rotatable bonds is 7. The predicted molar refractivity (Wildman–Crippen MR) is 124 cm³/mol. The van der Waals surface area contributed by atoms with Crippen molar-refractivity contribution in [3.8, 4) is 0 Å². The molecule has 0 radical (unpaired) electrons. The molecule has 0 spiro atoms. The molecule has 1 saturated heterocycles. The Morgan fingerprint density at radius 2 is 1.74 bits per heavy atom. The van der Waals surface area contributed by atoms with Gasteiger partial charge in [0.05, 0.1) is 6.54 Å². The maximum absolute atomic E-state index is 12.9. The van der Waals surface area contributed by atoms with Crippen molar-refractivity contribution >= 4 is 5.91 Å². The van der Waals surface area contributed by atoms with E-state index in [0.717, 1.165) is 51.6 Å². The highest BCUT2D eigenvalue weighted by Crippen LogP contribution is 2.27. The van der Waals surface area contributed by atoms with Gasteiger partial charge in [-0.3, -0.25) is 9.69 Å². The van der Waals surface area contributed by atoms with E-state index in [1.54, 1.807) is 0 Å². The van der Waals surface area contributed by atoms with E-state index in [1.807, 2.05) is 17.0 Å². The van der Waals surface area contributed by atoms with Gasteiger partial charge in [0.1, 0.15) is 5.76 Å². The van der Waals surface area contributed by atoms with E-state index in [1.165, 1.54) is 43.2 Å². The Bertz CT molecular complexity index is 848. The van der Waals surface area contributed by atoms with E-state index in [0.29, 0.717) is 11.8 Å². The number of furan rings is 1. The Morgan fingerprint density at radius 3 is 2.45 bits per heavy atom. The Hall–Kier alpha value is -2.11. The monoisotopic (exact) mass is 423 g/mol. The van der Waals surface area contributed by atoms with Crippen molar-refractivity contribution in [1.82, 2.24) is 14.7 Å². The fraction of sp³-hybridized carbons (Fsp3) is 0.577. The molecule has 5 nitrogen and oxygen atoms in total. The van der Waals surface area contributed by atoms with Crippen LogP contribution in [0.1, 0.15) is 66.5 Å². The first kappa shape index (κ1) is 22.1. The first-order chi connectivity index (χ1) is 15.1. The van der Waals surface area contributed by atoms with E-state index >= 15 is 0 Å². The summed E-state index contributed by atoms with van der Waals surface area (Å²) >= 11 is 0. The van der Waals surface area contributed by atoms with Crippen molar-refractivity contribution in [3.63, 3.8) is 0 Å². The molecule has 1 aromatic heterocycles. The third-order valence-electron chi connectivity index (χ3n) is 7.06. The molecule has 0 bridgehead atoms. The lowest BCUT2D eigenvalue weighted by Gasteiger charge is -2.34. The molecular weight excluding hydrogens is 386 g/mol. The van der Waals surface area contributed by atoms with E-state index in [-0.39, 0.29) is 5.91 Å². The van der Waals surface area contributed by atoms with Crippen LogP contribution in [-0.4, -0.2) is 59.4 Å². The minimum absolute atomic E-state index is 0.0325. The zero-order chi connectivity index (χ0) is 21.6. The summed E-state index contributed by atoms with van der Waals surface area (Å²) in [7, 11) is 0. The third-order valence-corrected chi connectivity index (χ3v) is 7.06. The molecule has 2 aromatic rings. The molecule has 0 N–H and O–H groups in total. The second kappa shape index (κ2) is 10.5. The highest BCUT2D eigenvalue weighted by molar-refractivity contribution is 5.91. The fourth-order valence-electron chi connectivity index (χ4n) is 4.97. The number of piperazine rings is 1. The van der Waals surface area contributed by atoms with Gasteiger partial charge in [-0.25, -0.2) is 0 Å². The number of benzene rings is 1. The van der Waals surface area contributed by atoms with E-state index < -0.39 is 0 Å². The van der Waals surface area contributed by atoms with Crippen LogP contribution >= 0.6 is 0 Å². The Labute approximate surface area is 187 Å². The number of amides is 1. The maximum atomic E-state index is 12.9. The average Bonchev–Trinajstić information content (AvgIpc) is 3.29. The maximum Gasteiger partial charge on any atom is 0.289 e. The molecule has 1 saturated carbocycles. The molecule has 31 heavy (non-hydrogen) atoms. The molecule has 2 fully saturated rings. The van der Waals surface area contributed by atoms with Crippen molar-refractivity contribution in [2.45, 2.75) is 65.1 Å². The van der Waals surface area contributed by atoms with Gasteiger partial charge in [0.25, 0.3) is 5.91 Å². The van der Waals surface area contributed by atoms with Gasteiger partial charge in [-0.2, -0.15) is 0 Å². The zero-order valence-corrected chi connectivity index (χ0v) is 19.2. The smallest absolute Gasteiger partial charge is 0.289 e. The summed E-state index contributed by atoms with van der Waals surface area (Å²) in [6.45, 7) is 10.6. The minimum Gasteiger partial charge on any atom is -0.455 e. The highest BCUT2D eigenvalue weighted by atomic mass is 16.4. The summed E-state index contributed by atoms with van der Waals surface area (Å²) in [5, 5.41) is 0. The number of likely N-dealkylation sites (N-methyl/N-ethyl adjacent to an activating group) is 1. The summed E-state index contributed by atoms with van der Waals surface area (Å²) in [5.41, 5.74) is 2.72. The summed E-state index contributed by atoms with van der Waals surface area (Å²) in [5.74, 6) is 1.42. The van der Waals surface area contributed by atoms with Crippen LogP contribution in [0.3, 0.4) is 0 Å². The number of nitrogens with zero attached hydrogens (tertiary/aromatic N) is 3. The second-order valence-electron chi connectivity index (χ2n) is 9.12. The predicted octanol–water partition coefficient (Wildman–Crippen LogP) is 4.70. The normalized spacial score (nSPS) is 18.6. The minimum atomic E-state index is 0.0325. The molecule has 5 heteroatoms. The molecule has 1 amide bonds. The zero-order valence-electron chi connectivity index (χ0n) is 19.2. The Morgan fingerprint density at radius 1 is 1.00 bits per heavy atom. The lowest BCUT2D eigenvalue weighted by atomic mass is 9.93. The fourth-order valence-corrected chi connectivity index (χ4v) is 4.97. The van der Waals surface area contributed by atoms with Crippen LogP contribution in [-0.2, 0) is 13.1 Å². The third kappa shape index (κ3) is 5.58. The van der Waals surface area contributed by atoms with Gasteiger partial charge in [-0.15, -0.1) is 0 Å². The van der Waals surface area contributed by atoms with E-state index in [9.17, 15) is 4.79 Å². The molecule has 1 aromatic carbocycles. The van der Waals surface area contributed by atoms with Gasteiger partial charge in [0, 0.05) is 38.8 Å². The summed E-state index contributed by atoms with van der Waals surface area (Å²) in [4.78, 5) is 19.8. The van der Waals surface area contributed by atoms with Crippen LogP contribution < -0.4 is 0 Å². The molecule has 168 valence electrons. The highest BCUT2D eigenvalue weighted by Gasteiger charge is 2.26. The molecule has 0 unspecified atom stereocenters. The van der Waals surface area contributed by atoms with Crippen LogP contribution in [0.25, 0.3) is 0 Å². The largest absolute Gasteiger partial charge is 0.455 e. The van der Waals surface area contributed by atoms with Crippen molar-refractivity contribution < 1.29 is 9.21 Å². The van der Waals surface area contributed by atoms with Crippen LogP contribution in [0, 0.1) is 6.92 Å². The van der Waals surface area contributed by atoms with Crippen molar-refractivity contribution in [2.24, 2.45) is 0 Å². The molecule has 0 atom stereocenters. The van der Waals surface area contributed by atoms with Crippen LogP contribution in [0.15, 0.2) is 40.8 Å². The van der Waals surface area contributed by atoms with Crippen molar-refractivity contribution in [1.29, 1.82) is 0 Å². The lowest BCUT2D eigenvalue weighted by Crippen LogP contribution is -2.48. The molecule has 4 rings (SSSR count). The topological polar surface area (TPSA) is 39.9 Å². The van der Waals surface area contributed by atoms with Crippen LogP contribution in [0.2, 0.25) is 0 Å². The summed E-state index contributed by atoms with van der Waals surface area (Å²) < 4.78 is 6.09. The summed E-state index contributed by atoms with van der Waals surface area (Å²) in [6, 6.07) is 13.1. The molecule has 2 heterocycles. The van der Waals surface area contributed by atoms with Gasteiger partial charge in [0.15, 0.2) is 5.76 Å². The van der Waals surface area contributed by atoms with E-state index in [4.69, 9.17) is 4.42 Å². The quantitative estimate of drug-likeness (QED) is 0.647. The van der Waals surface area contributed by atoms with Gasteiger partial charge >= 0.3 is 0 Å². The second-order valence-corrected chi connectivity index (χ2v) is 9.12. The van der Waals surface area contributed by atoms with Crippen LogP contribution in [0.4, 0.5) is 0 Å². The first-order valence-corrected chi connectivity index (χ1v) is 12.0. The molecular formula is C26H37N3O2. The number of aryl methyl sites for hydroxylation is 1. The average molecular weight is 424 g/mol. The summed E-state index contributed by atoms with van der Waals surface area (Å²) in [6.07, 6.45) is 6.46. The lowest BCUT2D eigenvalue weighted by molar-refractivity contribution is 0.0606. The number of carbonyl (C=O) groups excluding carboxylic acids is 1. The van der Waals surface area contributed by atoms with Gasteiger partial charge in [-0.05, 0) is 49.6 Å². The van der Waals surface area contributed by atoms with Crippen molar-refractivity contribution in [2.75, 3.05) is 32.7 Å². The van der Waals surface area contributed by atoms with Crippen molar-refractivity contribution in [3.05, 3.63) is 59.0 Å². The molecule has 1 aliphatic carbocycles. The number of hydrogen-bond acceptors (Lipinski definition) is 4. The Balaban J connectivity index is 1.44. The first-order valence-electron chi connectivity index (χ1n) is 12.0.